The van der Waals surface area contributed by atoms with Gasteiger partial charge in [0.25, 0.3) is 5.56 Å². The van der Waals surface area contributed by atoms with E-state index in [9.17, 15) is 9.59 Å². The SMILES string of the molecule is Cc1cc(C)c(NC(=O)CCl)c(=O)[nH]1. The molecule has 0 fully saturated rings. The Kier molecular flexibility index (Phi) is 3.30. The molecular weight excluding hydrogens is 204 g/mol. The van der Waals surface area contributed by atoms with Crippen molar-refractivity contribution in [3.8, 4) is 0 Å². The topological polar surface area (TPSA) is 62.0 Å². The monoisotopic (exact) mass is 214 g/mol. The average molecular weight is 215 g/mol. The van der Waals surface area contributed by atoms with Gasteiger partial charge in [0, 0.05) is 5.69 Å². The van der Waals surface area contributed by atoms with Crippen LogP contribution in [-0.4, -0.2) is 16.8 Å². The molecule has 1 heterocycles. The number of carbonyl (C=O) groups excluding carboxylic acids is 1. The Morgan fingerprint density at radius 1 is 1.57 bits per heavy atom. The largest absolute Gasteiger partial charge is 0.325 e. The first kappa shape index (κ1) is 10.8. The van der Waals surface area contributed by atoms with E-state index < -0.39 is 0 Å². The van der Waals surface area contributed by atoms with Crippen LogP contribution in [0.3, 0.4) is 0 Å². The van der Waals surface area contributed by atoms with Crippen LogP contribution in [0.4, 0.5) is 5.69 Å². The molecule has 1 amide bonds. The molecule has 0 aliphatic heterocycles. The summed E-state index contributed by atoms with van der Waals surface area (Å²) >= 11 is 5.31. The summed E-state index contributed by atoms with van der Waals surface area (Å²) < 4.78 is 0. The number of alkyl halides is 1. The van der Waals surface area contributed by atoms with E-state index in [1.54, 1.807) is 19.9 Å². The summed E-state index contributed by atoms with van der Waals surface area (Å²) in [4.78, 5) is 25.0. The second kappa shape index (κ2) is 4.28. The fourth-order valence-corrected chi connectivity index (χ4v) is 1.25. The number of aromatic nitrogens is 1. The fourth-order valence-electron chi connectivity index (χ4n) is 1.18. The van der Waals surface area contributed by atoms with Gasteiger partial charge in [0.05, 0.1) is 0 Å². The van der Waals surface area contributed by atoms with Crippen molar-refractivity contribution < 1.29 is 4.79 Å². The van der Waals surface area contributed by atoms with Crippen LogP contribution in [0.2, 0.25) is 0 Å². The lowest BCUT2D eigenvalue weighted by Crippen LogP contribution is -2.22. The van der Waals surface area contributed by atoms with E-state index in [1.807, 2.05) is 0 Å². The summed E-state index contributed by atoms with van der Waals surface area (Å²) in [6.07, 6.45) is 0. The van der Waals surface area contributed by atoms with E-state index in [1.165, 1.54) is 0 Å². The predicted molar refractivity (Wildman–Crippen MR) is 55.9 cm³/mol. The zero-order valence-corrected chi connectivity index (χ0v) is 8.73. The van der Waals surface area contributed by atoms with E-state index in [-0.39, 0.29) is 23.0 Å². The third-order valence-corrected chi connectivity index (χ3v) is 1.99. The maximum absolute atomic E-state index is 11.4. The average Bonchev–Trinajstić information content (AvgIpc) is 2.10. The van der Waals surface area contributed by atoms with Crippen molar-refractivity contribution in [1.82, 2.24) is 4.98 Å². The van der Waals surface area contributed by atoms with Crippen LogP contribution in [0.1, 0.15) is 11.3 Å². The van der Waals surface area contributed by atoms with Crippen LogP contribution in [-0.2, 0) is 4.79 Å². The molecule has 0 atom stereocenters. The van der Waals surface area contributed by atoms with E-state index >= 15 is 0 Å². The first-order valence-corrected chi connectivity index (χ1v) is 4.64. The molecular formula is C9H11ClN2O2. The van der Waals surface area contributed by atoms with Gasteiger partial charge in [-0.1, -0.05) is 0 Å². The van der Waals surface area contributed by atoms with Gasteiger partial charge in [0.1, 0.15) is 11.6 Å². The van der Waals surface area contributed by atoms with Gasteiger partial charge in [0.15, 0.2) is 0 Å². The highest BCUT2D eigenvalue weighted by molar-refractivity contribution is 6.29. The summed E-state index contributed by atoms with van der Waals surface area (Å²) in [5.41, 5.74) is 1.45. The predicted octanol–water partition coefficient (Wildman–Crippen LogP) is 1.17. The van der Waals surface area contributed by atoms with Crippen molar-refractivity contribution in [2.45, 2.75) is 13.8 Å². The van der Waals surface area contributed by atoms with Crippen LogP contribution in [0.15, 0.2) is 10.9 Å². The Labute approximate surface area is 86.3 Å². The Balaban J connectivity index is 3.09. The number of amides is 1. The normalized spacial score (nSPS) is 9.93. The van der Waals surface area contributed by atoms with Gasteiger partial charge in [-0.2, -0.15) is 0 Å². The molecule has 14 heavy (non-hydrogen) atoms. The quantitative estimate of drug-likeness (QED) is 0.726. The molecule has 0 aromatic carbocycles. The second-order valence-electron chi connectivity index (χ2n) is 3.02. The number of carbonyl (C=O) groups is 1. The number of hydrogen-bond donors (Lipinski definition) is 2. The number of hydrogen-bond acceptors (Lipinski definition) is 2. The summed E-state index contributed by atoms with van der Waals surface area (Å²) in [5.74, 6) is -0.545. The van der Waals surface area contributed by atoms with Crippen molar-refractivity contribution in [2.24, 2.45) is 0 Å². The molecule has 1 rings (SSSR count). The van der Waals surface area contributed by atoms with E-state index in [0.717, 1.165) is 11.3 Å². The molecule has 4 nitrogen and oxygen atoms in total. The van der Waals surface area contributed by atoms with Gasteiger partial charge >= 0.3 is 0 Å². The number of pyridine rings is 1. The molecule has 0 unspecified atom stereocenters. The van der Waals surface area contributed by atoms with Crippen molar-refractivity contribution >= 4 is 23.2 Å². The van der Waals surface area contributed by atoms with Gasteiger partial charge in [-0.25, -0.2) is 0 Å². The smallest absolute Gasteiger partial charge is 0.272 e. The molecule has 1 aromatic rings. The Morgan fingerprint density at radius 2 is 2.21 bits per heavy atom. The number of aromatic amines is 1. The molecule has 0 saturated carbocycles. The number of anilines is 1. The first-order chi connectivity index (χ1) is 6.54. The molecule has 5 heteroatoms. The van der Waals surface area contributed by atoms with Crippen molar-refractivity contribution in [3.05, 3.63) is 27.7 Å². The molecule has 1 aromatic heterocycles. The Hall–Kier alpha value is -1.29. The Bertz CT molecular complexity index is 412. The van der Waals surface area contributed by atoms with Gasteiger partial charge in [-0.05, 0) is 25.5 Å². The number of H-pyrrole nitrogens is 1. The fraction of sp³-hybridized carbons (Fsp3) is 0.333. The van der Waals surface area contributed by atoms with Crippen LogP contribution < -0.4 is 10.9 Å². The van der Waals surface area contributed by atoms with Crippen molar-refractivity contribution in [1.29, 1.82) is 0 Å². The van der Waals surface area contributed by atoms with Gasteiger partial charge < -0.3 is 10.3 Å². The maximum Gasteiger partial charge on any atom is 0.272 e. The first-order valence-electron chi connectivity index (χ1n) is 4.11. The van der Waals surface area contributed by atoms with Crippen LogP contribution >= 0.6 is 11.6 Å². The van der Waals surface area contributed by atoms with E-state index in [4.69, 9.17) is 11.6 Å². The van der Waals surface area contributed by atoms with Crippen molar-refractivity contribution in [3.63, 3.8) is 0 Å². The zero-order chi connectivity index (χ0) is 10.7. The van der Waals surface area contributed by atoms with E-state index in [0.29, 0.717) is 0 Å². The molecule has 0 bridgehead atoms. The molecule has 0 spiro atoms. The third kappa shape index (κ3) is 2.35. The highest BCUT2D eigenvalue weighted by Crippen LogP contribution is 2.08. The van der Waals surface area contributed by atoms with Crippen molar-refractivity contribution in [2.75, 3.05) is 11.2 Å². The molecule has 2 N–H and O–H groups in total. The van der Waals surface area contributed by atoms with Gasteiger partial charge in [0.2, 0.25) is 5.91 Å². The lowest BCUT2D eigenvalue weighted by molar-refractivity contribution is -0.113. The van der Waals surface area contributed by atoms with E-state index in [2.05, 4.69) is 10.3 Å². The van der Waals surface area contributed by atoms with Gasteiger partial charge in [-0.3, -0.25) is 9.59 Å². The minimum absolute atomic E-state index is 0.160. The van der Waals surface area contributed by atoms with Crippen LogP contribution in [0.25, 0.3) is 0 Å². The minimum atomic E-state index is -0.385. The standard InChI is InChI=1S/C9H11ClN2O2/c1-5-3-6(2)11-9(14)8(5)12-7(13)4-10/h3H,4H2,1-2H3,(H,11,14)(H,12,13). The van der Waals surface area contributed by atoms with Crippen LogP contribution in [0.5, 0.6) is 0 Å². The molecule has 0 aliphatic carbocycles. The molecule has 76 valence electrons. The zero-order valence-electron chi connectivity index (χ0n) is 7.98. The maximum atomic E-state index is 11.4. The Morgan fingerprint density at radius 3 is 2.71 bits per heavy atom. The number of halogens is 1. The summed E-state index contributed by atoms with van der Waals surface area (Å²) in [7, 11) is 0. The molecule has 0 saturated heterocycles. The number of rotatable bonds is 2. The highest BCUT2D eigenvalue weighted by Gasteiger charge is 2.07. The lowest BCUT2D eigenvalue weighted by atomic mass is 10.2. The summed E-state index contributed by atoms with van der Waals surface area (Å²) in [5, 5.41) is 2.44. The molecule has 0 radical (unpaired) electrons. The van der Waals surface area contributed by atoms with Crippen LogP contribution in [0, 0.1) is 13.8 Å². The number of nitrogens with one attached hydrogen (secondary N) is 2. The third-order valence-electron chi connectivity index (χ3n) is 1.75. The summed E-state index contributed by atoms with van der Waals surface area (Å²) in [6, 6.07) is 1.78. The molecule has 0 aliphatic rings. The highest BCUT2D eigenvalue weighted by atomic mass is 35.5. The lowest BCUT2D eigenvalue weighted by Gasteiger charge is -2.06. The summed E-state index contributed by atoms with van der Waals surface area (Å²) in [6.45, 7) is 3.54. The second-order valence-corrected chi connectivity index (χ2v) is 3.29. The van der Waals surface area contributed by atoms with Gasteiger partial charge in [-0.15, -0.1) is 11.6 Å². The minimum Gasteiger partial charge on any atom is -0.325 e. The number of aryl methyl sites for hydroxylation is 2.